The maximum absolute atomic E-state index is 12.6. The Labute approximate surface area is 149 Å². The van der Waals surface area contributed by atoms with Crippen LogP contribution in [0.4, 0.5) is 13.2 Å². The number of halogens is 3. The lowest BCUT2D eigenvalue weighted by molar-refractivity contribution is -0.137. The third-order valence-electron chi connectivity index (χ3n) is 3.65. The van der Waals surface area contributed by atoms with Crippen LogP contribution in [0, 0.1) is 0 Å². The molecule has 0 spiro atoms. The summed E-state index contributed by atoms with van der Waals surface area (Å²) < 4.78 is 66.0. The molecule has 0 aliphatic heterocycles. The summed E-state index contributed by atoms with van der Waals surface area (Å²) in [5.74, 6) is 0.878. The highest BCUT2D eigenvalue weighted by molar-refractivity contribution is 7.84. The molecule has 26 heavy (non-hydrogen) atoms. The summed E-state index contributed by atoms with van der Waals surface area (Å²) >= 11 is 0. The first-order valence-corrected chi connectivity index (χ1v) is 8.71. The molecule has 0 amide bonds. The monoisotopic (exact) mass is 385 g/mol. The van der Waals surface area contributed by atoms with Crippen molar-refractivity contribution in [2.45, 2.75) is 17.2 Å². The van der Waals surface area contributed by atoms with Gasteiger partial charge in [-0.2, -0.15) is 13.2 Å². The molecule has 138 valence electrons. The second-order valence-corrected chi connectivity index (χ2v) is 6.67. The Morgan fingerprint density at radius 2 is 1.69 bits per heavy atom. The summed E-state index contributed by atoms with van der Waals surface area (Å²) in [6.07, 6.45) is -4.41. The SMILES string of the molecule is COc1cc2nc(S(=O)Cc3ccc(C(F)(F)F)cc3)oc2cc1OC. The Balaban J connectivity index is 1.83. The Bertz CT molecular complexity index is 910. The maximum Gasteiger partial charge on any atom is 0.416 e. The zero-order valence-electron chi connectivity index (χ0n) is 13.8. The summed E-state index contributed by atoms with van der Waals surface area (Å²) in [5.41, 5.74) is 0.540. The number of aromatic nitrogens is 1. The molecule has 0 saturated carbocycles. The van der Waals surface area contributed by atoms with E-state index in [1.54, 1.807) is 12.1 Å². The molecule has 1 atom stereocenters. The van der Waals surface area contributed by atoms with Gasteiger partial charge in [0.1, 0.15) is 16.3 Å². The van der Waals surface area contributed by atoms with Crippen molar-refractivity contribution in [3.05, 3.63) is 47.5 Å². The Morgan fingerprint density at radius 1 is 1.08 bits per heavy atom. The average molecular weight is 385 g/mol. The van der Waals surface area contributed by atoms with E-state index in [9.17, 15) is 17.4 Å². The van der Waals surface area contributed by atoms with E-state index in [-0.39, 0.29) is 11.0 Å². The Kier molecular flexibility index (Phi) is 4.90. The van der Waals surface area contributed by atoms with E-state index in [2.05, 4.69) is 4.98 Å². The standard InChI is InChI=1S/C17H14F3NO4S/c1-23-14-7-12-13(8-15(14)24-2)25-16(21-12)26(22)9-10-3-5-11(6-4-10)17(18,19)20/h3-8H,9H2,1-2H3. The number of hydrogen-bond donors (Lipinski definition) is 0. The first kappa shape index (κ1) is 18.2. The van der Waals surface area contributed by atoms with Gasteiger partial charge in [-0.3, -0.25) is 0 Å². The lowest BCUT2D eigenvalue weighted by atomic mass is 10.1. The normalized spacial score (nSPS) is 13.0. The molecular formula is C17H14F3NO4S. The number of hydrogen-bond acceptors (Lipinski definition) is 5. The average Bonchev–Trinajstić information content (AvgIpc) is 3.03. The van der Waals surface area contributed by atoms with E-state index < -0.39 is 22.5 Å². The molecule has 0 fully saturated rings. The molecule has 1 aromatic heterocycles. The molecule has 3 rings (SSSR count). The summed E-state index contributed by atoms with van der Waals surface area (Å²) in [4.78, 5) is 4.17. The minimum absolute atomic E-state index is 0.0147. The van der Waals surface area contributed by atoms with Crippen LogP contribution in [0.2, 0.25) is 0 Å². The van der Waals surface area contributed by atoms with Gasteiger partial charge >= 0.3 is 6.18 Å². The van der Waals surface area contributed by atoms with Crippen LogP contribution in [0.5, 0.6) is 11.5 Å². The van der Waals surface area contributed by atoms with Crippen LogP contribution in [0.1, 0.15) is 11.1 Å². The number of benzene rings is 2. The third kappa shape index (κ3) is 3.67. The van der Waals surface area contributed by atoms with Gasteiger partial charge in [-0.15, -0.1) is 0 Å². The van der Waals surface area contributed by atoms with Crippen molar-refractivity contribution >= 4 is 21.9 Å². The molecule has 0 radical (unpaired) electrons. The Hall–Kier alpha value is -2.55. The smallest absolute Gasteiger partial charge is 0.416 e. The van der Waals surface area contributed by atoms with E-state index in [1.165, 1.54) is 26.4 Å². The predicted octanol–water partition coefficient (Wildman–Crippen LogP) is 4.17. The molecule has 1 unspecified atom stereocenters. The highest BCUT2D eigenvalue weighted by atomic mass is 32.2. The number of rotatable bonds is 5. The molecule has 3 aromatic rings. The lowest BCUT2D eigenvalue weighted by Gasteiger charge is -2.06. The van der Waals surface area contributed by atoms with Crippen molar-refractivity contribution in [3.8, 4) is 11.5 Å². The molecule has 5 nitrogen and oxygen atoms in total. The van der Waals surface area contributed by atoms with Crippen molar-refractivity contribution < 1.29 is 31.3 Å². The van der Waals surface area contributed by atoms with Crippen molar-refractivity contribution in [2.24, 2.45) is 0 Å². The molecule has 0 saturated heterocycles. The van der Waals surface area contributed by atoms with Crippen molar-refractivity contribution in [2.75, 3.05) is 14.2 Å². The predicted molar refractivity (Wildman–Crippen MR) is 88.7 cm³/mol. The number of oxazole rings is 1. The van der Waals surface area contributed by atoms with Gasteiger partial charge in [-0.1, -0.05) is 12.1 Å². The lowest BCUT2D eigenvalue weighted by Crippen LogP contribution is -2.05. The number of nitrogens with zero attached hydrogens (tertiary/aromatic N) is 1. The molecular weight excluding hydrogens is 371 g/mol. The summed E-state index contributed by atoms with van der Waals surface area (Å²) in [6.45, 7) is 0. The van der Waals surface area contributed by atoms with Crippen LogP contribution in [-0.2, 0) is 22.7 Å². The van der Waals surface area contributed by atoms with Crippen molar-refractivity contribution in [1.82, 2.24) is 4.98 Å². The fraction of sp³-hybridized carbons (Fsp3) is 0.235. The molecule has 1 heterocycles. The number of alkyl halides is 3. The molecule has 0 N–H and O–H groups in total. The molecule has 0 aliphatic rings. The van der Waals surface area contributed by atoms with E-state index in [4.69, 9.17) is 13.9 Å². The van der Waals surface area contributed by atoms with Gasteiger partial charge in [-0.05, 0) is 17.7 Å². The van der Waals surface area contributed by atoms with Crippen LogP contribution >= 0.6 is 0 Å². The second-order valence-electron chi connectivity index (χ2n) is 5.34. The summed E-state index contributed by atoms with van der Waals surface area (Å²) in [7, 11) is 1.30. The topological polar surface area (TPSA) is 61.6 Å². The van der Waals surface area contributed by atoms with E-state index >= 15 is 0 Å². The summed E-state index contributed by atoms with van der Waals surface area (Å²) in [6, 6.07) is 7.64. The highest BCUT2D eigenvalue weighted by Crippen LogP contribution is 2.33. The number of ether oxygens (including phenoxy) is 2. The quantitative estimate of drug-likeness (QED) is 0.660. The largest absolute Gasteiger partial charge is 0.493 e. The molecule has 9 heteroatoms. The van der Waals surface area contributed by atoms with E-state index in [1.807, 2.05) is 0 Å². The fourth-order valence-electron chi connectivity index (χ4n) is 2.33. The molecule has 0 bridgehead atoms. The highest BCUT2D eigenvalue weighted by Gasteiger charge is 2.30. The van der Waals surface area contributed by atoms with Crippen LogP contribution < -0.4 is 9.47 Å². The maximum atomic E-state index is 12.6. The van der Waals surface area contributed by atoms with Crippen molar-refractivity contribution in [3.63, 3.8) is 0 Å². The van der Waals surface area contributed by atoms with Gasteiger partial charge in [0.25, 0.3) is 5.22 Å². The molecule has 2 aromatic carbocycles. The van der Waals surface area contributed by atoms with Crippen LogP contribution in [0.3, 0.4) is 0 Å². The zero-order valence-corrected chi connectivity index (χ0v) is 14.6. The van der Waals surface area contributed by atoms with E-state index in [0.717, 1.165) is 12.1 Å². The van der Waals surface area contributed by atoms with Gasteiger partial charge in [0.2, 0.25) is 0 Å². The number of methoxy groups -OCH3 is 2. The first-order chi connectivity index (χ1) is 12.3. The minimum Gasteiger partial charge on any atom is -0.493 e. The molecule has 0 aliphatic carbocycles. The van der Waals surface area contributed by atoms with Crippen LogP contribution in [0.15, 0.2) is 46.0 Å². The summed E-state index contributed by atoms with van der Waals surface area (Å²) in [5, 5.41) is -0.0183. The second kappa shape index (κ2) is 6.99. The van der Waals surface area contributed by atoms with Gasteiger partial charge in [0, 0.05) is 12.1 Å². The third-order valence-corrected chi connectivity index (χ3v) is 4.81. The van der Waals surface area contributed by atoms with Gasteiger partial charge in [0.05, 0.1) is 25.5 Å². The van der Waals surface area contributed by atoms with Gasteiger partial charge in [0.15, 0.2) is 17.1 Å². The van der Waals surface area contributed by atoms with Crippen LogP contribution in [-0.4, -0.2) is 23.4 Å². The Morgan fingerprint density at radius 3 is 2.27 bits per heavy atom. The zero-order chi connectivity index (χ0) is 18.9. The van der Waals surface area contributed by atoms with Crippen molar-refractivity contribution in [1.29, 1.82) is 0 Å². The van der Waals surface area contributed by atoms with E-state index in [0.29, 0.717) is 28.2 Å². The fourth-order valence-corrected chi connectivity index (χ4v) is 3.34. The number of fused-ring (bicyclic) bond motifs is 1. The minimum atomic E-state index is -4.41. The van der Waals surface area contributed by atoms with Gasteiger partial charge < -0.3 is 13.9 Å². The van der Waals surface area contributed by atoms with Crippen LogP contribution in [0.25, 0.3) is 11.1 Å². The first-order valence-electron chi connectivity index (χ1n) is 7.39. The van der Waals surface area contributed by atoms with Gasteiger partial charge in [-0.25, -0.2) is 9.19 Å².